The van der Waals surface area contributed by atoms with E-state index in [2.05, 4.69) is 54.7 Å². The Morgan fingerprint density at radius 2 is 1.67 bits per heavy atom. The maximum absolute atomic E-state index is 4.70. The van der Waals surface area contributed by atoms with Crippen molar-refractivity contribution in [3.05, 3.63) is 48.0 Å². The molecule has 0 fully saturated rings. The number of benzene rings is 2. The number of nitrogens with zero attached hydrogens (tertiary/aromatic N) is 1. The Bertz CT molecular complexity index is 658. The third kappa shape index (κ3) is 1.80. The number of pyridine rings is 1. The van der Waals surface area contributed by atoms with Crippen molar-refractivity contribution in [3.8, 4) is 0 Å². The van der Waals surface area contributed by atoms with Gasteiger partial charge in [-0.2, -0.15) is 0 Å². The van der Waals surface area contributed by atoms with Crippen LogP contribution in [-0.4, -0.2) is 12.0 Å². The van der Waals surface area contributed by atoms with E-state index in [9.17, 15) is 0 Å². The van der Waals surface area contributed by atoms with E-state index in [1.165, 1.54) is 16.3 Å². The number of hydrogen-bond donors (Lipinski definition) is 1. The Morgan fingerprint density at radius 3 is 2.39 bits per heavy atom. The highest BCUT2D eigenvalue weighted by molar-refractivity contribution is 5.94. The van der Waals surface area contributed by atoms with Gasteiger partial charge in [-0.3, -0.25) is 0 Å². The molecule has 3 rings (SSSR count). The van der Waals surface area contributed by atoms with Crippen molar-refractivity contribution in [3.63, 3.8) is 0 Å². The van der Waals surface area contributed by atoms with Crippen molar-refractivity contribution >= 4 is 27.5 Å². The highest BCUT2D eigenvalue weighted by Gasteiger charge is 2.01. The van der Waals surface area contributed by atoms with Gasteiger partial charge in [0, 0.05) is 23.5 Å². The molecular formula is C16H16N2. The van der Waals surface area contributed by atoms with Gasteiger partial charge >= 0.3 is 0 Å². The van der Waals surface area contributed by atoms with Gasteiger partial charge in [0.15, 0.2) is 0 Å². The van der Waals surface area contributed by atoms with E-state index in [-0.39, 0.29) is 0 Å². The second-order valence-corrected chi connectivity index (χ2v) is 4.53. The lowest BCUT2D eigenvalue weighted by Gasteiger charge is -2.05. The van der Waals surface area contributed by atoms with E-state index in [1.54, 1.807) is 0 Å². The molecule has 0 saturated carbocycles. The Hall–Kier alpha value is -2.09. The highest BCUT2D eigenvalue weighted by Crippen LogP contribution is 2.23. The van der Waals surface area contributed by atoms with E-state index in [0.29, 0.717) is 0 Å². The van der Waals surface area contributed by atoms with Crippen molar-refractivity contribution in [1.82, 2.24) is 4.98 Å². The maximum atomic E-state index is 4.70. The molecule has 2 nitrogen and oxygen atoms in total. The zero-order chi connectivity index (χ0) is 12.5. The minimum Gasteiger partial charge on any atom is -0.388 e. The van der Waals surface area contributed by atoms with E-state index in [4.69, 9.17) is 4.98 Å². The highest BCUT2D eigenvalue weighted by atomic mass is 14.8. The summed E-state index contributed by atoms with van der Waals surface area (Å²) in [5.41, 5.74) is 4.59. The first-order valence-corrected chi connectivity index (χ1v) is 6.31. The third-order valence-electron chi connectivity index (χ3n) is 3.37. The van der Waals surface area contributed by atoms with Crippen LogP contribution in [0, 0.1) is 0 Å². The number of aromatic nitrogens is 1. The predicted molar refractivity (Wildman–Crippen MR) is 78.2 cm³/mol. The van der Waals surface area contributed by atoms with Crippen molar-refractivity contribution in [2.75, 3.05) is 12.4 Å². The molecule has 0 amide bonds. The maximum Gasteiger partial charge on any atom is 0.0711 e. The molecule has 0 spiro atoms. The van der Waals surface area contributed by atoms with Crippen LogP contribution in [0.1, 0.15) is 12.5 Å². The molecular weight excluding hydrogens is 220 g/mol. The van der Waals surface area contributed by atoms with Gasteiger partial charge in [0.1, 0.15) is 0 Å². The average molecular weight is 236 g/mol. The van der Waals surface area contributed by atoms with Crippen LogP contribution < -0.4 is 5.32 Å². The van der Waals surface area contributed by atoms with Crippen LogP contribution in [-0.2, 0) is 6.42 Å². The summed E-state index contributed by atoms with van der Waals surface area (Å²) in [4.78, 5) is 4.70. The number of anilines is 1. The summed E-state index contributed by atoms with van der Waals surface area (Å²) < 4.78 is 0. The molecule has 3 aromatic rings. The van der Waals surface area contributed by atoms with Crippen LogP contribution >= 0.6 is 0 Å². The third-order valence-corrected chi connectivity index (χ3v) is 3.37. The van der Waals surface area contributed by atoms with Crippen LogP contribution in [0.3, 0.4) is 0 Å². The van der Waals surface area contributed by atoms with Gasteiger partial charge in [-0.25, -0.2) is 4.98 Å². The van der Waals surface area contributed by atoms with Crippen LogP contribution in [0.15, 0.2) is 42.5 Å². The topological polar surface area (TPSA) is 24.9 Å². The summed E-state index contributed by atoms with van der Waals surface area (Å²) in [7, 11) is 1.94. The van der Waals surface area contributed by atoms with E-state index in [1.807, 2.05) is 7.05 Å². The molecule has 0 saturated heterocycles. The molecule has 0 aliphatic rings. The standard InChI is InChI=1S/C16H16N2/c1-3-11-4-6-15-12(8-11)9-13-10-14(17-2)5-7-16(13)18-15/h4-10,17H,3H2,1-2H3. The van der Waals surface area contributed by atoms with Gasteiger partial charge < -0.3 is 5.32 Å². The molecule has 90 valence electrons. The van der Waals surface area contributed by atoms with Gasteiger partial charge in [0.25, 0.3) is 0 Å². The van der Waals surface area contributed by atoms with Crippen molar-refractivity contribution in [1.29, 1.82) is 0 Å². The van der Waals surface area contributed by atoms with Crippen molar-refractivity contribution in [2.45, 2.75) is 13.3 Å². The Labute approximate surface area is 107 Å². The van der Waals surface area contributed by atoms with Gasteiger partial charge in [-0.1, -0.05) is 13.0 Å². The normalized spacial score (nSPS) is 11.0. The molecule has 2 heteroatoms. The van der Waals surface area contributed by atoms with Crippen molar-refractivity contribution < 1.29 is 0 Å². The Kier molecular flexibility index (Phi) is 2.63. The van der Waals surface area contributed by atoms with Gasteiger partial charge in [-0.05, 0) is 48.4 Å². The number of aryl methyl sites for hydroxylation is 1. The van der Waals surface area contributed by atoms with Gasteiger partial charge in [0.2, 0.25) is 0 Å². The number of nitrogens with one attached hydrogen (secondary N) is 1. The van der Waals surface area contributed by atoms with Crippen molar-refractivity contribution in [2.24, 2.45) is 0 Å². The summed E-state index contributed by atoms with van der Waals surface area (Å²) in [5, 5.41) is 5.56. The largest absolute Gasteiger partial charge is 0.388 e. The lowest BCUT2D eigenvalue weighted by molar-refractivity contribution is 1.15. The summed E-state index contributed by atoms with van der Waals surface area (Å²) in [5.74, 6) is 0. The zero-order valence-corrected chi connectivity index (χ0v) is 10.7. The molecule has 18 heavy (non-hydrogen) atoms. The van der Waals surface area contributed by atoms with Crippen LogP contribution in [0.25, 0.3) is 21.8 Å². The van der Waals surface area contributed by atoms with E-state index >= 15 is 0 Å². The molecule has 0 aliphatic heterocycles. The first kappa shape index (κ1) is 11.0. The minimum absolute atomic E-state index is 1.05. The second-order valence-electron chi connectivity index (χ2n) is 4.53. The fraction of sp³-hybridized carbons (Fsp3) is 0.188. The Balaban J connectivity index is 2.29. The molecule has 1 aromatic heterocycles. The first-order chi connectivity index (χ1) is 8.80. The summed E-state index contributed by atoms with van der Waals surface area (Å²) in [6, 6.07) is 15.0. The predicted octanol–water partition coefficient (Wildman–Crippen LogP) is 3.99. The van der Waals surface area contributed by atoms with Crippen LogP contribution in [0.2, 0.25) is 0 Å². The zero-order valence-electron chi connectivity index (χ0n) is 10.7. The second kappa shape index (κ2) is 4.30. The van der Waals surface area contributed by atoms with E-state index < -0.39 is 0 Å². The molecule has 1 N–H and O–H groups in total. The van der Waals surface area contributed by atoms with Gasteiger partial charge in [0.05, 0.1) is 11.0 Å². The molecule has 0 radical (unpaired) electrons. The van der Waals surface area contributed by atoms with Crippen LogP contribution in [0.4, 0.5) is 5.69 Å². The first-order valence-electron chi connectivity index (χ1n) is 6.31. The number of hydrogen-bond acceptors (Lipinski definition) is 2. The lowest BCUT2D eigenvalue weighted by atomic mass is 10.1. The summed E-state index contributed by atoms with van der Waals surface area (Å²) in [6.45, 7) is 2.18. The summed E-state index contributed by atoms with van der Waals surface area (Å²) in [6.07, 6.45) is 1.06. The monoisotopic (exact) mass is 236 g/mol. The molecule has 0 atom stereocenters. The molecule has 0 aliphatic carbocycles. The SMILES string of the molecule is CCc1ccc2nc3ccc(NC)cc3cc2c1. The molecule has 1 heterocycles. The smallest absolute Gasteiger partial charge is 0.0711 e. The fourth-order valence-corrected chi connectivity index (χ4v) is 2.27. The summed E-state index contributed by atoms with van der Waals surface area (Å²) >= 11 is 0. The average Bonchev–Trinajstić information content (AvgIpc) is 2.43. The van der Waals surface area contributed by atoms with E-state index in [0.717, 1.165) is 23.1 Å². The number of rotatable bonds is 2. The molecule has 2 aromatic carbocycles. The van der Waals surface area contributed by atoms with Gasteiger partial charge in [-0.15, -0.1) is 0 Å². The van der Waals surface area contributed by atoms with Crippen LogP contribution in [0.5, 0.6) is 0 Å². The molecule has 0 bridgehead atoms. The fourth-order valence-electron chi connectivity index (χ4n) is 2.27. The minimum atomic E-state index is 1.05. The quantitative estimate of drug-likeness (QED) is 0.680. The lowest BCUT2D eigenvalue weighted by Crippen LogP contribution is -1.89. The number of fused-ring (bicyclic) bond motifs is 2. The molecule has 0 unspecified atom stereocenters. The Morgan fingerprint density at radius 1 is 0.944 bits per heavy atom.